The van der Waals surface area contributed by atoms with Gasteiger partial charge in [0.2, 0.25) is 0 Å². The number of nitrogens with two attached hydrogens (primary N) is 1. The molecule has 0 aromatic rings. The molecule has 0 radical (unpaired) electrons. The second kappa shape index (κ2) is 56.2. The highest BCUT2D eigenvalue weighted by atomic mass is 79.9. The smallest absolute Gasteiger partial charge is 0.320 e. The summed E-state index contributed by atoms with van der Waals surface area (Å²) in [6.45, 7) is 43.5. The van der Waals surface area contributed by atoms with Gasteiger partial charge in [0.15, 0.2) is 0 Å². The number of carbonyl (C=O) groups excluding carboxylic acids is 7. The summed E-state index contributed by atoms with van der Waals surface area (Å²) in [5.74, 6) is 8.43. The van der Waals surface area contributed by atoms with Crippen LogP contribution < -0.4 is 5.73 Å². The Morgan fingerprint density at radius 2 is 0.772 bits per heavy atom. The molecule has 6 fully saturated rings. The van der Waals surface area contributed by atoms with Crippen molar-refractivity contribution in [3.8, 4) is 0 Å². The van der Waals surface area contributed by atoms with Gasteiger partial charge in [-0.2, -0.15) is 0 Å². The van der Waals surface area contributed by atoms with E-state index in [0.29, 0.717) is 110 Å². The van der Waals surface area contributed by atoms with Crippen LogP contribution in [0.3, 0.4) is 0 Å². The number of allylic oxidation sites excluding steroid dienone is 2. The van der Waals surface area contributed by atoms with Gasteiger partial charge in [-0.05, 0) is 244 Å². The molecule has 0 saturated heterocycles. The Kier molecular flexibility index (Phi) is 52.1. The Labute approximate surface area is 724 Å². The molecule has 0 aromatic carbocycles. The molecule has 8 rings (SSSR count). The molecular formula is C90H158Br4N4O16. The van der Waals surface area contributed by atoms with Crippen molar-refractivity contribution in [1.82, 2.24) is 14.7 Å². The highest BCUT2D eigenvalue weighted by Crippen LogP contribution is 2.69. The molecule has 662 valence electrons. The number of aliphatic hydroxyl groups excluding tert-OH is 1. The Morgan fingerprint density at radius 3 is 1.09 bits per heavy atom. The van der Waals surface area contributed by atoms with E-state index in [1.165, 1.54) is 116 Å². The van der Waals surface area contributed by atoms with Crippen LogP contribution in [0.5, 0.6) is 0 Å². The van der Waals surface area contributed by atoms with Crippen LogP contribution in [0.25, 0.3) is 0 Å². The van der Waals surface area contributed by atoms with Crippen LogP contribution in [0, 0.1) is 92.7 Å². The first kappa shape index (κ1) is 106. The average Bonchev–Trinajstić information content (AvgIpc) is 1.01. The maximum Gasteiger partial charge on any atom is 0.320 e. The van der Waals surface area contributed by atoms with Crippen LogP contribution in [0.15, 0.2) is 23.3 Å². The number of halogens is 4. The number of carbonyl (C=O) groups is 7. The van der Waals surface area contributed by atoms with Gasteiger partial charge < -0.3 is 48.7 Å². The Hall–Kier alpha value is -2.55. The maximum absolute atomic E-state index is 12.1. The number of esters is 7. The van der Waals surface area contributed by atoms with E-state index in [0.717, 1.165) is 109 Å². The van der Waals surface area contributed by atoms with Crippen LogP contribution in [-0.2, 0) is 71.5 Å². The van der Waals surface area contributed by atoms with Crippen LogP contribution >= 0.6 is 63.7 Å². The van der Waals surface area contributed by atoms with Gasteiger partial charge in [-0.15, -0.1) is 0 Å². The van der Waals surface area contributed by atoms with E-state index in [1.807, 2.05) is 0 Å². The average molecular weight is 1870 g/mol. The van der Waals surface area contributed by atoms with Gasteiger partial charge in [0.1, 0.15) is 5.33 Å². The van der Waals surface area contributed by atoms with Gasteiger partial charge in [0.05, 0.1) is 104 Å². The number of rotatable bonds is 39. The summed E-state index contributed by atoms with van der Waals surface area (Å²) in [4.78, 5) is 84.5. The van der Waals surface area contributed by atoms with Crippen molar-refractivity contribution in [2.45, 2.75) is 271 Å². The van der Waals surface area contributed by atoms with Crippen LogP contribution in [-0.4, -0.2) is 213 Å². The molecule has 0 unspecified atom stereocenters. The van der Waals surface area contributed by atoms with Crippen LogP contribution in [0.1, 0.15) is 259 Å². The highest BCUT2D eigenvalue weighted by Gasteiger charge is 2.61. The minimum absolute atomic E-state index is 0.0740. The standard InChI is InChI=1S/C37H63NO5.C27H46O.2C10H18BrNO4.C4H7BrO2.C2H6BrN/c1-8-41-34(39)24-38(25-35(40)42-9-2)21-22-43-29-17-19-36(6)28(23-29)13-14-30-32-16-15-31(27(5)12-10-11-26(3)4)37(32,7)20-18-33(30)36;1-18(2)7-6-8-19(3)23-11-12-24-22-10-9-20-17-21(28)13-15-26(20,4)25(22)14-16-27(23,24)5;2*1-3-15-9(13)7-12(6-5-11)8-10(14)16-4-2;1-2-7-4(6)3-5;3-1-2-4/h13,26-27,29-33H,8-12,14-25H2,1-7H3;9,18-19,21-25,28H,6-8,10-17H2,1-5H3;2*3-8H2,1-2H3;2-3H2,1H3;1-2,4H2/t27-,29+,30+,31-,32+,33+,36+,37-;19-,21+,22+,23-,24+,25+,26+,27-;;;;/m11..../s1. The normalized spacial score (nSPS) is 28.0. The zero-order valence-corrected chi connectivity index (χ0v) is 80.2. The van der Waals surface area contributed by atoms with Crippen molar-refractivity contribution < 1.29 is 76.6 Å². The molecule has 0 aromatic heterocycles. The fraction of sp³-hybridized carbons (Fsp3) is 0.878. The van der Waals surface area contributed by atoms with Crippen LogP contribution in [0.2, 0.25) is 0 Å². The summed E-state index contributed by atoms with van der Waals surface area (Å²) >= 11 is 12.6. The van der Waals surface area contributed by atoms with Crippen molar-refractivity contribution in [2.24, 2.45) is 98.4 Å². The van der Waals surface area contributed by atoms with E-state index in [1.54, 1.807) is 74.3 Å². The number of fused-ring (bicyclic) bond motifs is 10. The van der Waals surface area contributed by atoms with Crippen molar-refractivity contribution >= 4 is 106 Å². The quantitative estimate of drug-likeness (QED) is 0.0251. The molecule has 16 atom stereocenters. The molecular weight excluding hydrogens is 1710 g/mol. The number of alkyl halides is 4. The first-order valence-corrected chi connectivity index (χ1v) is 48.6. The van der Waals surface area contributed by atoms with E-state index in [-0.39, 0.29) is 93.3 Å². The third-order valence-corrected chi connectivity index (χ3v) is 28.2. The Morgan fingerprint density at radius 1 is 0.439 bits per heavy atom. The van der Waals surface area contributed by atoms with Gasteiger partial charge >= 0.3 is 41.8 Å². The minimum atomic E-state index is -0.326. The van der Waals surface area contributed by atoms with E-state index in [2.05, 4.69) is 150 Å². The second-order valence-corrected chi connectivity index (χ2v) is 37.9. The molecule has 0 bridgehead atoms. The molecule has 0 heterocycles. The molecule has 8 aliphatic rings. The van der Waals surface area contributed by atoms with Crippen molar-refractivity contribution in [3.63, 3.8) is 0 Å². The summed E-state index contributed by atoms with van der Waals surface area (Å²) in [6, 6.07) is 0. The lowest BCUT2D eigenvalue weighted by Crippen LogP contribution is -2.51. The lowest BCUT2D eigenvalue weighted by atomic mass is 9.47. The van der Waals surface area contributed by atoms with E-state index >= 15 is 0 Å². The monoisotopic (exact) mass is 1870 g/mol. The minimum Gasteiger partial charge on any atom is -0.465 e. The predicted molar refractivity (Wildman–Crippen MR) is 472 cm³/mol. The predicted octanol–water partition coefficient (Wildman–Crippen LogP) is 18.1. The third-order valence-electron chi connectivity index (χ3n) is 26.6. The highest BCUT2D eigenvalue weighted by molar-refractivity contribution is 9.09. The Bertz CT molecular complexity index is 2750. The van der Waals surface area contributed by atoms with Crippen LogP contribution in [0.4, 0.5) is 0 Å². The lowest BCUT2D eigenvalue weighted by Gasteiger charge is -2.58. The summed E-state index contributed by atoms with van der Waals surface area (Å²) in [7, 11) is 0. The van der Waals surface area contributed by atoms with E-state index < -0.39 is 0 Å². The van der Waals surface area contributed by atoms with Gasteiger partial charge in [-0.25, -0.2) is 0 Å². The molecule has 0 amide bonds. The first-order valence-electron chi connectivity index (χ1n) is 44.2. The molecule has 24 heteroatoms. The molecule has 0 spiro atoms. The van der Waals surface area contributed by atoms with E-state index in [4.69, 9.17) is 38.9 Å². The number of aliphatic hydroxyl groups is 1. The van der Waals surface area contributed by atoms with Gasteiger partial charge in [-0.3, -0.25) is 48.3 Å². The molecule has 8 aliphatic carbocycles. The maximum atomic E-state index is 12.1. The largest absolute Gasteiger partial charge is 0.465 e. The van der Waals surface area contributed by atoms with E-state index in [9.17, 15) is 38.7 Å². The molecule has 0 aliphatic heterocycles. The fourth-order valence-electron chi connectivity index (χ4n) is 21.2. The zero-order valence-electron chi connectivity index (χ0n) is 73.9. The molecule has 20 nitrogen and oxygen atoms in total. The van der Waals surface area contributed by atoms with Gasteiger partial charge in [-0.1, -0.05) is 195 Å². The molecule has 6 saturated carbocycles. The molecule has 114 heavy (non-hydrogen) atoms. The molecule has 3 N–H and O–H groups in total. The fourth-order valence-corrected chi connectivity index (χ4v) is 22.4. The number of hydrogen-bond acceptors (Lipinski definition) is 20. The first-order chi connectivity index (χ1) is 54.3. The topological polar surface area (TPSA) is 249 Å². The lowest BCUT2D eigenvalue weighted by molar-refractivity contribution is -0.150. The third kappa shape index (κ3) is 34.4. The van der Waals surface area contributed by atoms with Gasteiger partial charge in [0, 0.05) is 42.2 Å². The van der Waals surface area contributed by atoms with Crippen molar-refractivity contribution in [1.29, 1.82) is 0 Å². The number of hydrogen-bond donors (Lipinski definition) is 2. The summed E-state index contributed by atoms with van der Waals surface area (Å²) in [5.41, 5.74) is 10.1. The van der Waals surface area contributed by atoms with Gasteiger partial charge in [0.25, 0.3) is 0 Å². The number of nitrogens with zero attached hydrogens (tertiary/aromatic N) is 3. The SMILES string of the molecule is CC(C)CCC[C@@H](C)[C@H]1CC[C@H]2[C@@H]3CC=C4C[C@@H](O)CC[C@]4(C)[C@H]3CC[C@]12C.CCOC(=O)CBr.CCOC(=O)CN(CCBr)CC(=O)OCC.CCOC(=O)CN(CCBr)CC(=O)OCC.CCOC(=O)CN(CCO[C@H]1CC[C@@]2(C)C(=CC[C@H]3[C@@H]4CC[C@H]([C@H](C)CCCC(C)C)[C@@]4(C)CC[C@@H]32)C1)CC(=O)OCC.NCCBr. The zero-order chi connectivity index (χ0) is 85.2. The summed E-state index contributed by atoms with van der Waals surface area (Å²) in [6.07, 6.45) is 34.4. The van der Waals surface area contributed by atoms with Crippen molar-refractivity contribution in [2.75, 3.05) is 140 Å². The second-order valence-electron chi connectivity index (χ2n) is 35.0. The summed E-state index contributed by atoms with van der Waals surface area (Å²) < 4.78 is 40.4. The van der Waals surface area contributed by atoms with Crippen molar-refractivity contribution in [3.05, 3.63) is 23.3 Å². The summed E-state index contributed by atoms with van der Waals surface area (Å²) in [5, 5.41) is 12.8. The number of ether oxygens (including phenoxy) is 8. The Balaban J connectivity index is 0.000000405.